The van der Waals surface area contributed by atoms with Crippen LogP contribution in [0.3, 0.4) is 0 Å². The number of rotatable bonds is 8. The lowest BCUT2D eigenvalue weighted by molar-refractivity contribution is -0.132. The van der Waals surface area contributed by atoms with E-state index in [1.165, 1.54) is 26.4 Å². The van der Waals surface area contributed by atoms with Gasteiger partial charge in [0.1, 0.15) is 0 Å². The van der Waals surface area contributed by atoms with Crippen molar-refractivity contribution in [2.45, 2.75) is 24.2 Å². The number of sulfone groups is 1. The fourth-order valence-electron chi connectivity index (χ4n) is 3.18. The fraction of sp³-hybridized carbons (Fsp3) is 0.611. The van der Waals surface area contributed by atoms with Crippen LogP contribution in [0.5, 0.6) is 11.5 Å². The number of piperidine rings is 1. The first-order valence-corrected chi connectivity index (χ1v) is 10.4. The number of ether oxygens (including phenoxy) is 2. The molecule has 1 aromatic carbocycles. The van der Waals surface area contributed by atoms with E-state index >= 15 is 0 Å². The minimum Gasteiger partial charge on any atom is -0.493 e. The highest BCUT2D eigenvalue weighted by atomic mass is 32.2. The third-order valence-corrected chi connectivity index (χ3v) is 6.47. The van der Waals surface area contributed by atoms with E-state index in [0.29, 0.717) is 30.5 Å². The SMILES string of the molecule is CNCC1CCN(C(=O)CCS(=O)(=O)c2ccc(OC)c(OC)c2)CC1. The van der Waals surface area contributed by atoms with Crippen molar-refractivity contribution in [2.24, 2.45) is 5.92 Å². The minimum absolute atomic E-state index is 0.00657. The number of nitrogens with zero attached hydrogens (tertiary/aromatic N) is 1. The average Bonchev–Trinajstić information content (AvgIpc) is 2.66. The zero-order valence-electron chi connectivity index (χ0n) is 15.7. The van der Waals surface area contributed by atoms with Gasteiger partial charge in [-0.2, -0.15) is 0 Å². The topological polar surface area (TPSA) is 84.9 Å². The van der Waals surface area contributed by atoms with E-state index in [1.54, 1.807) is 11.0 Å². The second kappa shape index (κ2) is 9.23. The van der Waals surface area contributed by atoms with Crippen LogP contribution in [0.25, 0.3) is 0 Å². The molecule has 0 spiro atoms. The molecule has 1 heterocycles. The molecular formula is C18H28N2O5S. The molecule has 1 aromatic rings. The Bertz CT molecular complexity index is 712. The van der Waals surface area contributed by atoms with Crippen molar-refractivity contribution < 1.29 is 22.7 Å². The first-order valence-electron chi connectivity index (χ1n) is 8.78. The van der Waals surface area contributed by atoms with Crippen molar-refractivity contribution >= 4 is 15.7 Å². The number of methoxy groups -OCH3 is 2. The van der Waals surface area contributed by atoms with Crippen LogP contribution in [-0.4, -0.2) is 65.9 Å². The Balaban J connectivity index is 1.94. The molecule has 0 radical (unpaired) electrons. The van der Waals surface area contributed by atoms with Crippen LogP contribution in [0.2, 0.25) is 0 Å². The van der Waals surface area contributed by atoms with Crippen LogP contribution in [-0.2, 0) is 14.6 Å². The average molecular weight is 384 g/mol. The lowest BCUT2D eigenvalue weighted by Gasteiger charge is -2.32. The second-order valence-electron chi connectivity index (χ2n) is 6.47. The van der Waals surface area contributed by atoms with Crippen LogP contribution in [0.4, 0.5) is 0 Å². The number of benzene rings is 1. The quantitative estimate of drug-likeness (QED) is 0.728. The van der Waals surface area contributed by atoms with E-state index in [9.17, 15) is 13.2 Å². The van der Waals surface area contributed by atoms with Crippen molar-refractivity contribution in [1.29, 1.82) is 0 Å². The van der Waals surface area contributed by atoms with E-state index in [1.807, 2.05) is 7.05 Å². The third kappa shape index (κ3) is 5.11. The van der Waals surface area contributed by atoms with E-state index in [-0.39, 0.29) is 23.0 Å². The first-order chi connectivity index (χ1) is 12.4. The van der Waals surface area contributed by atoms with E-state index in [0.717, 1.165) is 19.4 Å². The Hall–Kier alpha value is -1.80. The standard InChI is InChI=1S/C18H28N2O5S/c1-19-13-14-6-9-20(10-7-14)18(21)8-11-26(22,23)15-4-5-16(24-2)17(12-15)25-3/h4-5,12,14,19H,6-11,13H2,1-3H3. The predicted molar refractivity (Wildman–Crippen MR) is 99.4 cm³/mol. The van der Waals surface area contributed by atoms with Gasteiger partial charge < -0.3 is 19.7 Å². The monoisotopic (exact) mass is 384 g/mol. The molecule has 7 nitrogen and oxygen atoms in total. The molecule has 1 saturated heterocycles. The second-order valence-corrected chi connectivity index (χ2v) is 8.58. The van der Waals surface area contributed by atoms with Gasteiger partial charge >= 0.3 is 0 Å². The van der Waals surface area contributed by atoms with E-state index < -0.39 is 9.84 Å². The van der Waals surface area contributed by atoms with Gasteiger partial charge in [-0.25, -0.2) is 8.42 Å². The summed E-state index contributed by atoms with van der Waals surface area (Å²) in [5.41, 5.74) is 0. The zero-order valence-corrected chi connectivity index (χ0v) is 16.5. The Labute approximate surface area is 155 Å². The molecule has 0 aliphatic carbocycles. The minimum atomic E-state index is -3.56. The van der Waals surface area contributed by atoms with Gasteiger partial charge in [0.25, 0.3) is 0 Å². The van der Waals surface area contributed by atoms with E-state index in [4.69, 9.17) is 9.47 Å². The summed E-state index contributed by atoms with van der Waals surface area (Å²) >= 11 is 0. The number of nitrogens with one attached hydrogen (secondary N) is 1. The number of hydrogen-bond donors (Lipinski definition) is 1. The summed E-state index contributed by atoms with van der Waals surface area (Å²) in [4.78, 5) is 14.3. The number of carbonyl (C=O) groups excluding carboxylic acids is 1. The van der Waals surface area contributed by atoms with Gasteiger partial charge in [-0.3, -0.25) is 4.79 Å². The highest BCUT2D eigenvalue weighted by Crippen LogP contribution is 2.30. The molecule has 1 aliphatic rings. The summed E-state index contributed by atoms with van der Waals surface area (Å²) in [6.45, 7) is 2.35. The van der Waals surface area contributed by atoms with E-state index in [2.05, 4.69) is 5.32 Å². The van der Waals surface area contributed by atoms with Gasteiger partial charge in [0.05, 0.1) is 24.9 Å². The number of carbonyl (C=O) groups is 1. The largest absolute Gasteiger partial charge is 0.493 e. The van der Waals surface area contributed by atoms with Crippen molar-refractivity contribution in [1.82, 2.24) is 10.2 Å². The molecule has 8 heteroatoms. The molecule has 0 saturated carbocycles. The molecular weight excluding hydrogens is 356 g/mol. The summed E-state index contributed by atoms with van der Waals surface area (Å²) in [7, 11) is 1.31. The lowest BCUT2D eigenvalue weighted by Crippen LogP contribution is -2.40. The zero-order chi connectivity index (χ0) is 19.2. The summed E-state index contributed by atoms with van der Waals surface area (Å²) in [6, 6.07) is 4.46. The molecule has 0 unspecified atom stereocenters. The van der Waals surface area contributed by atoms with Crippen molar-refractivity contribution in [3.8, 4) is 11.5 Å². The van der Waals surface area contributed by atoms with Gasteiger partial charge in [-0.05, 0) is 44.5 Å². The smallest absolute Gasteiger partial charge is 0.223 e. The third-order valence-electron chi connectivity index (χ3n) is 4.76. The fourth-order valence-corrected chi connectivity index (χ4v) is 4.42. The van der Waals surface area contributed by atoms with Crippen molar-refractivity contribution in [3.63, 3.8) is 0 Å². The predicted octanol–water partition coefficient (Wildman–Crippen LogP) is 1.33. The van der Waals surface area contributed by atoms with Gasteiger partial charge in [0, 0.05) is 25.6 Å². The number of hydrogen-bond acceptors (Lipinski definition) is 6. The van der Waals surface area contributed by atoms with Crippen LogP contribution in [0.15, 0.2) is 23.1 Å². The van der Waals surface area contributed by atoms with Gasteiger partial charge in [0.2, 0.25) is 5.91 Å². The summed E-state index contributed by atoms with van der Waals surface area (Å²) in [5, 5.41) is 3.16. The van der Waals surface area contributed by atoms with Gasteiger partial charge in [-0.15, -0.1) is 0 Å². The molecule has 0 bridgehead atoms. The van der Waals surface area contributed by atoms with Crippen molar-refractivity contribution in [2.75, 3.05) is 46.7 Å². The number of amides is 1. The maximum atomic E-state index is 12.5. The summed E-state index contributed by atoms with van der Waals surface area (Å²) in [5.74, 6) is 1.09. The molecule has 0 atom stereocenters. The molecule has 1 amide bonds. The van der Waals surface area contributed by atoms with Crippen LogP contribution in [0, 0.1) is 5.92 Å². The lowest BCUT2D eigenvalue weighted by atomic mass is 9.97. The normalized spacial score (nSPS) is 15.7. The Morgan fingerprint density at radius 1 is 1.19 bits per heavy atom. The molecule has 1 fully saturated rings. The van der Waals surface area contributed by atoms with Gasteiger partial charge in [0.15, 0.2) is 21.3 Å². The molecule has 1 N–H and O–H groups in total. The van der Waals surface area contributed by atoms with Crippen LogP contribution in [0.1, 0.15) is 19.3 Å². The Morgan fingerprint density at radius 2 is 1.85 bits per heavy atom. The molecule has 0 aromatic heterocycles. The van der Waals surface area contributed by atoms with Gasteiger partial charge in [-0.1, -0.05) is 0 Å². The molecule has 146 valence electrons. The first kappa shape index (κ1) is 20.5. The summed E-state index contributed by atoms with van der Waals surface area (Å²) in [6.07, 6.45) is 1.90. The highest BCUT2D eigenvalue weighted by molar-refractivity contribution is 7.91. The maximum absolute atomic E-state index is 12.5. The Morgan fingerprint density at radius 3 is 2.42 bits per heavy atom. The number of likely N-dealkylation sites (tertiary alicyclic amines) is 1. The van der Waals surface area contributed by atoms with Crippen LogP contribution < -0.4 is 14.8 Å². The molecule has 2 rings (SSSR count). The van der Waals surface area contributed by atoms with Crippen LogP contribution >= 0.6 is 0 Å². The maximum Gasteiger partial charge on any atom is 0.223 e. The Kier molecular flexibility index (Phi) is 7.28. The summed E-state index contributed by atoms with van der Waals surface area (Å²) < 4.78 is 35.4. The van der Waals surface area contributed by atoms with Crippen molar-refractivity contribution in [3.05, 3.63) is 18.2 Å². The highest BCUT2D eigenvalue weighted by Gasteiger charge is 2.24. The molecule has 26 heavy (non-hydrogen) atoms. The molecule has 1 aliphatic heterocycles.